The second-order valence-electron chi connectivity index (χ2n) is 4.48. The Morgan fingerprint density at radius 1 is 1.10 bits per heavy atom. The molecule has 1 unspecified atom stereocenters. The fourth-order valence-electron chi connectivity index (χ4n) is 2.10. The Bertz CT molecular complexity index is 653. The van der Waals surface area contributed by atoms with Crippen molar-refractivity contribution in [1.29, 1.82) is 0 Å². The van der Waals surface area contributed by atoms with Crippen molar-refractivity contribution in [2.24, 2.45) is 4.99 Å². The van der Waals surface area contributed by atoms with Gasteiger partial charge in [-0.3, -0.25) is 15.1 Å². The lowest BCUT2D eigenvalue weighted by atomic mass is 10.1. The average molecular weight is 284 g/mol. The highest BCUT2D eigenvalue weighted by Crippen LogP contribution is 2.33. The number of nitrogens with zero attached hydrogens (tertiary/aromatic N) is 2. The Balaban J connectivity index is 1.82. The van der Waals surface area contributed by atoms with Crippen LogP contribution in [0, 0.1) is 10.1 Å². The van der Waals surface area contributed by atoms with Crippen molar-refractivity contribution in [3.05, 3.63) is 75.8 Å². The molecule has 20 heavy (non-hydrogen) atoms. The molecule has 1 heterocycles. The fourth-order valence-corrected chi connectivity index (χ4v) is 3.19. The van der Waals surface area contributed by atoms with Gasteiger partial charge in [-0.1, -0.05) is 42.5 Å². The minimum atomic E-state index is -0.383. The number of non-ortho nitro benzene ring substituents is 1. The molecule has 0 radical (unpaired) electrons. The summed E-state index contributed by atoms with van der Waals surface area (Å²) in [6, 6.07) is 16.8. The summed E-state index contributed by atoms with van der Waals surface area (Å²) in [6.45, 7) is 0. The zero-order valence-electron chi connectivity index (χ0n) is 10.6. The zero-order valence-corrected chi connectivity index (χ0v) is 11.4. The zero-order chi connectivity index (χ0) is 13.9. The quantitative estimate of drug-likeness (QED) is 0.635. The monoisotopic (exact) mass is 284 g/mol. The van der Waals surface area contributed by atoms with Gasteiger partial charge in [0.25, 0.3) is 5.69 Å². The first-order valence-corrected chi connectivity index (χ1v) is 7.23. The summed E-state index contributed by atoms with van der Waals surface area (Å²) in [5.74, 6) is 0.877. The van der Waals surface area contributed by atoms with E-state index in [1.165, 1.54) is 12.1 Å². The van der Waals surface area contributed by atoms with Crippen molar-refractivity contribution in [1.82, 2.24) is 0 Å². The van der Waals surface area contributed by atoms with Gasteiger partial charge in [-0.05, 0) is 5.56 Å². The van der Waals surface area contributed by atoms with Gasteiger partial charge in [0.05, 0.1) is 16.0 Å². The van der Waals surface area contributed by atoms with Gasteiger partial charge in [-0.15, -0.1) is 11.8 Å². The molecule has 0 amide bonds. The van der Waals surface area contributed by atoms with Gasteiger partial charge in [0.2, 0.25) is 0 Å². The number of hydrogen-bond acceptors (Lipinski definition) is 4. The molecule has 1 aliphatic heterocycles. The minimum absolute atomic E-state index is 0.0796. The van der Waals surface area contributed by atoms with Crippen LogP contribution in [0.15, 0.2) is 59.6 Å². The Kier molecular flexibility index (Phi) is 3.52. The highest BCUT2D eigenvalue weighted by Gasteiger charge is 2.21. The van der Waals surface area contributed by atoms with Gasteiger partial charge < -0.3 is 0 Å². The van der Waals surface area contributed by atoms with Gasteiger partial charge in [-0.25, -0.2) is 0 Å². The Morgan fingerprint density at radius 2 is 1.80 bits per heavy atom. The summed E-state index contributed by atoms with van der Waals surface area (Å²) >= 11 is 1.73. The summed E-state index contributed by atoms with van der Waals surface area (Å²) < 4.78 is 0. The molecule has 5 heteroatoms. The summed E-state index contributed by atoms with van der Waals surface area (Å²) in [5.41, 5.74) is 2.27. The highest BCUT2D eigenvalue weighted by molar-refractivity contribution is 8.14. The molecule has 0 aliphatic carbocycles. The first-order valence-electron chi connectivity index (χ1n) is 6.24. The van der Waals surface area contributed by atoms with E-state index in [1.807, 2.05) is 30.3 Å². The molecule has 3 rings (SSSR count). The van der Waals surface area contributed by atoms with E-state index in [9.17, 15) is 10.1 Å². The van der Waals surface area contributed by atoms with E-state index in [4.69, 9.17) is 4.99 Å². The second kappa shape index (κ2) is 5.46. The number of nitro groups is 1. The third-order valence-corrected chi connectivity index (χ3v) is 4.26. The van der Waals surface area contributed by atoms with E-state index >= 15 is 0 Å². The first kappa shape index (κ1) is 12.9. The molecule has 0 N–H and O–H groups in total. The van der Waals surface area contributed by atoms with Crippen LogP contribution in [0.4, 0.5) is 5.69 Å². The van der Waals surface area contributed by atoms with Crippen LogP contribution in [-0.2, 0) is 0 Å². The van der Waals surface area contributed by atoms with Gasteiger partial charge in [0, 0.05) is 23.4 Å². The molecule has 4 nitrogen and oxygen atoms in total. The van der Waals surface area contributed by atoms with Crippen LogP contribution in [0.25, 0.3) is 0 Å². The Morgan fingerprint density at radius 3 is 2.45 bits per heavy atom. The first-order chi connectivity index (χ1) is 9.74. The van der Waals surface area contributed by atoms with E-state index in [-0.39, 0.29) is 16.7 Å². The van der Waals surface area contributed by atoms with Crippen LogP contribution in [0.5, 0.6) is 0 Å². The lowest BCUT2D eigenvalue weighted by Crippen LogP contribution is -1.95. The molecular formula is C15H12N2O2S. The third kappa shape index (κ3) is 2.58. The van der Waals surface area contributed by atoms with E-state index < -0.39 is 0 Å². The molecule has 0 saturated carbocycles. The SMILES string of the molecule is O=[N+]([O-])c1ccc(C2CSC(c3ccccc3)=N2)cc1. The maximum Gasteiger partial charge on any atom is 0.269 e. The number of hydrogen-bond donors (Lipinski definition) is 0. The molecule has 1 atom stereocenters. The molecule has 2 aromatic carbocycles. The van der Waals surface area contributed by atoms with Crippen molar-refractivity contribution in [3.63, 3.8) is 0 Å². The minimum Gasteiger partial charge on any atom is -0.269 e. The van der Waals surface area contributed by atoms with Crippen molar-refractivity contribution >= 4 is 22.5 Å². The molecule has 1 aliphatic rings. The average Bonchev–Trinajstić information content (AvgIpc) is 2.98. The summed E-state index contributed by atoms with van der Waals surface area (Å²) in [7, 11) is 0. The maximum atomic E-state index is 10.6. The lowest BCUT2D eigenvalue weighted by Gasteiger charge is -2.05. The third-order valence-electron chi connectivity index (χ3n) is 3.16. The van der Waals surface area contributed by atoms with Crippen molar-refractivity contribution < 1.29 is 4.92 Å². The number of nitro benzene ring substituents is 1. The number of benzene rings is 2. The van der Waals surface area contributed by atoms with Gasteiger partial charge in [-0.2, -0.15) is 0 Å². The lowest BCUT2D eigenvalue weighted by molar-refractivity contribution is -0.384. The Hall–Kier alpha value is -2.14. The summed E-state index contributed by atoms with van der Waals surface area (Å²) in [6.07, 6.45) is 0. The van der Waals surface area contributed by atoms with Crippen LogP contribution >= 0.6 is 11.8 Å². The van der Waals surface area contributed by atoms with Gasteiger partial charge in [0.1, 0.15) is 0 Å². The van der Waals surface area contributed by atoms with Crippen LogP contribution in [0.3, 0.4) is 0 Å². The summed E-state index contributed by atoms with van der Waals surface area (Å²) in [4.78, 5) is 15.0. The van der Waals surface area contributed by atoms with Crippen LogP contribution in [0.1, 0.15) is 17.2 Å². The van der Waals surface area contributed by atoms with Crippen LogP contribution in [-0.4, -0.2) is 15.7 Å². The molecule has 100 valence electrons. The van der Waals surface area contributed by atoms with Crippen molar-refractivity contribution in [2.75, 3.05) is 5.75 Å². The Labute approximate surface area is 120 Å². The smallest absolute Gasteiger partial charge is 0.269 e. The van der Waals surface area contributed by atoms with E-state index in [1.54, 1.807) is 23.9 Å². The van der Waals surface area contributed by atoms with Crippen molar-refractivity contribution in [2.45, 2.75) is 6.04 Å². The molecule has 0 saturated heterocycles. The van der Waals surface area contributed by atoms with E-state index in [0.717, 1.165) is 21.9 Å². The normalized spacial score (nSPS) is 17.8. The van der Waals surface area contributed by atoms with E-state index in [2.05, 4.69) is 0 Å². The fraction of sp³-hybridized carbons (Fsp3) is 0.133. The molecule has 0 aromatic heterocycles. The van der Waals surface area contributed by atoms with Gasteiger partial charge >= 0.3 is 0 Å². The summed E-state index contributed by atoms with van der Waals surface area (Å²) in [5, 5.41) is 11.7. The molecular weight excluding hydrogens is 272 g/mol. The largest absolute Gasteiger partial charge is 0.269 e. The molecule has 0 fully saturated rings. The predicted molar refractivity (Wildman–Crippen MR) is 81.3 cm³/mol. The number of thioether (sulfide) groups is 1. The highest BCUT2D eigenvalue weighted by atomic mass is 32.2. The van der Waals surface area contributed by atoms with E-state index in [0.29, 0.717) is 0 Å². The molecule has 0 spiro atoms. The van der Waals surface area contributed by atoms with Crippen LogP contribution < -0.4 is 0 Å². The second-order valence-corrected chi connectivity index (χ2v) is 5.48. The number of aliphatic imine (C=N–C) groups is 1. The topological polar surface area (TPSA) is 55.5 Å². The standard InChI is InChI=1S/C15H12N2O2S/c18-17(19)13-8-6-11(7-9-13)14-10-20-15(16-14)12-4-2-1-3-5-12/h1-9,14H,10H2. The molecule has 0 bridgehead atoms. The van der Waals surface area contributed by atoms with Gasteiger partial charge in [0.15, 0.2) is 0 Å². The maximum absolute atomic E-state index is 10.6. The van der Waals surface area contributed by atoms with Crippen LogP contribution in [0.2, 0.25) is 0 Å². The predicted octanol–water partition coefficient (Wildman–Crippen LogP) is 3.83. The van der Waals surface area contributed by atoms with Crippen molar-refractivity contribution in [3.8, 4) is 0 Å². The number of rotatable bonds is 3. The molecule has 2 aromatic rings.